The lowest BCUT2D eigenvalue weighted by Crippen LogP contribution is -2.45. The van der Waals surface area contributed by atoms with Crippen molar-refractivity contribution < 1.29 is 0 Å². The van der Waals surface area contributed by atoms with Gasteiger partial charge in [-0.1, -0.05) is 12.1 Å². The molecule has 1 aliphatic heterocycles. The van der Waals surface area contributed by atoms with E-state index in [9.17, 15) is 0 Å². The van der Waals surface area contributed by atoms with Crippen LogP contribution in [0.15, 0.2) is 30.5 Å². The molecule has 1 N–H and O–H groups in total. The van der Waals surface area contributed by atoms with Crippen molar-refractivity contribution in [3.63, 3.8) is 0 Å². The van der Waals surface area contributed by atoms with Gasteiger partial charge in [-0.15, -0.1) is 0 Å². The van der Waals surface area contributed by atoms with Crippen molar-refractivity contribution in [2.24, 2.45) is 0 Å². The fourth-order valence-electron chi connectivity index (χ4n) is 2.84. The van der Waals surface area contributed by atoms with Crippen LogP contribution in [0.2, 0.25) is 0 Å². The molecule has 0 aliphatic carbocycles. The quantitative estimate of drug-likeness (QED) is 0.914. The maximum absolute atomic E-state index is 4.77. The van der Waals surface area contributed by atoms with Crippen LogP contribution >= 0.6 is 0 Å². The number of likely N-dealkylation sites (N-methyl/N-ethyl adjacent to an activating group) is 1. The molecule has 1 aromatic carbocycles. The largest absolute Gasteiger partial charge is 0.351 e. The summed E-state index contributed by atoms with van der Waals surface area (Å²) in [6.07, 6.45) is 5.70. The van der Waals surface area contributed by atoms with Crippen molar-refractivity contribution in [3.05, 3.63) is 30.5 Å². The third kappa shape index (κ3) is 2.54. The lowest BCUT2D eigenvalue weighted by Gasteiger charge is -2.36. The minimum absolute atomic E-state index is 0.536. The van der Waals surface area contributed by atoms with Gasteiger partial charge in [0, 0.05) is 19.1 Å². The molecule has 0 radical (unpaired) electrons. The second kappa shape index (κ2) is 5.53. The van der Waals surface area contributed by atoms with Gasteiger partial charge < -0.3 is 10.2 Å². The van der Waals surface area contributed by atoms with Gasteiger partial charge in [0.05, 0.1) is 17.2 Å². The zero-order valence-corrected chi connectivity index (χ0v) is 11.3. The molecule has 3 rings (SSSR count). The van der Waals surface area contributed by atoms with E-state index >= 15 is 0 Å². The molecule has 0 amide bonds. The fraction of sp³-hybridized carbons (Fsp3) is 0.467. The van der Waals surface area contributed by atoms with Crippen molar-refractivity contribution in [3.8, 4) is 0 Å². The Labute approximate surface area is 113 Å². The fourth-order valence-corrected chi connectivity index (χ4v) is 2.84. The van der Waals surface area contributed by atoms with Gasteiger partial charge in [-0.05, 0) is 38.4 Å². The van der Waals surface area contributed by atoms with Gasteiger partial charge in [0.1, 0.15) is 5.82 Å². The van der Waals surface area contributed by atoms with Gasteiger partial charge in [-0.25, -0.2) is 4.98 Å². The van der Waals surface area contributed by atoms with Crippen LogP contribution in [0, 0.1) is 0 Å². The predicted octanol–water partition coefficient (Wildman–Crippen LogP) is 2.21. The summed E-state index contributed by atoms with van der Waals surface area (Å²) >= 11 is 0. The SMILES string of the molecule is CNCC1CCCCN1c1cnc2ccccc2n1. The van der Waals surface area contributed by atoms with E-state index in [0.717, 1.165) is 29.9 Å². The van der Waals surface area contributed by atoms with Gasteiger partial charge in [0.15, 0.2) is 0 Å². The molecule has 1 saturated heterocycles. The molecule has 2 heterocycles. The Kier molecular flexibility index (Phi) is 3.60. The van der Waals surface area contributed by atoms with E-state index in [1.165, 1.54) is 19.3 Å². The molecule has 19 heavy (non-hydrogen) atoms. The average Bonchev–Trinajstić information content (AvgIpc) is 2.48. The number of aromatic nitrogens is 2. The van der Waals surface area contributed by atoms with E-state index in [2.05, 4.69) is 15.2 Å². The molecule has 2 aromatic rings. The van der Waals surface area contributed by atoms with Crippen molar-refractivity contribution >= 4 is 16.9 Å². The smallest absolute Gasteiger partial charge is 0.148 e. The van der Waals surface area contributed by atoms with Crippen LogP contribution in [0.25, 0.3) is 11.0 Å². The molecule has 1 atom stereocenters. The van der Waals surface area contributed by atoms with Crippen LogP contribution in [0.4, 0.5) is 5.82 Å². The summed E-state index contributed by atoms with van der Waals surface area (Å²) in [7, 11) is 2.01. The third-order valence-corrected chi connectivity index (χ3v) is 3.80. The summed E-state index contributed by atoms with van der Waals surface area (Å²) in [6.45, 7) is 2.09. The summed E-state index contributed by atoms with van der Waals surface area (Å²) in [5, 5.41) is 3.28. The molecule has 0 spiro atoms. The third-order valence-electron chi connectivity index (χ3n) is 3.80. The highest BCUT2D eigenvalue weighted by atomic mass is 15.2. The number of hydrogen-bond acceptors (Lipinski definition) is 4. The molecule has 4 nitrogen and oxygen atoms in total. The monoisotopic (exact) mass is 256 g/mol. The van der Waals surface area contributed by atoms with Crippen LogP contribution in [-0.2, 0) is 0 Å². The molecule has 1 aliphatic rings. The van der Waals surface area contributed by atoms with Crippen molar-refractivity contribution in [1.82, 2.24) is 15.3 Å². The molecule has 1 unspecified atom stereocenters. The number of benzene rings is 1. The Balaban J connectivity index is 1.92. The van der Waals surface area contributed by atoms with Crippen molar-refractivity contribution in [2.45, 2.75) is 25.3 Å². The van der Waals surface area contributed by atoms with E-state index in [-0.39, 0.29) is 0 Å². The predicted molar refractivity (Wildman–Crippen MR) is 78.4 cm³/mol. The van der Waals surface area contributed by atoms with Crippen LogP contribution in [0.5, 0.6) is 0 Å². The van der Waals surface area contributed by atoms with Crippen LogP contribution in [-0.4, -0.2) is 36.1 Å². The first-order chi connectivity index (χ1) is 9.38. The Hall–Kier alpha value is -1.68. The minimum atomic E-state index is 0.536. The minimum Gasteiger partial charge on any atom is -0.351 e. The first-order valence-corrected chi connectivity index (χ1v) is 7.01. The Morgan fingerprint density at radius 3 is 2.95 bits per heavy atom. The Bertz CT molecular complexity index is 553. The number of nitrogens with one attached hydrogen (secondary N) is 1. The van der Waals surface area contributed by atoms with Crippen molar-refractivity contribution in [2.75, 3.05) is 25.0 Å². The molecule has 0 saturated carbocycles. The summed E-state index contributed by atoms with van der Waals surface area (Å²) in [5.74, 6) is 1.01. The van der Waals surface area contributed by atoms with E-state index in [0.29, 0.717) is 6.04 Å². The van der Waals surface area contributed by atoms with Gasteiger partial charge in [-0.3, -0.25) is 4.98 Å². The van der Waals surface area contributed by atoms with E-state index in [1.54, 1.807) is 0 Å². The van der Waals surface area contributed by atoms with E-state index < -0.39 is 0 Å². The number of para-hydroxylation sites is 2. The van der Waals surface area contributed by atoms with Gasteiger partial charge in [0.2, 0.25) is 0 Å². The van der Waals surface area contributed by atoms with Crippen LogP contribution in [0.3, 0.4) is 0 Å². The number of nitrogens with zero attached hydrogens (tertiary/aromatic N) is 3. The van der Waals surface area contributed by atoms with Crippen molar-refractivity contribution in [1.29, 1.82) is 0 Å². The lowest BCUT2D eigenvalue weighted by atomic mass is 10.0. The molecular weight excluding hydrogens is 236 g/mol. The second-order valence-electron chi connectivity index (χ2n) is 5.12. The first-order valence-electron chi connectivity index (χ1n) is 7.01. The first kappa shape index (κ1) is 12.4. The highest BCUT2D eigenvalue weighted by Gasteiger charge is 2.23. The number of hydrogen-bond donors (Lipinski definition) is 1. The Morgan fingerprint density at radius 2 is 2.11 bits per heavy atom. The molecule has 1 aromatic heterocycles. The second-order valence-corrected chi connectivity index (χ2v) is 5.12. The van der Waals surface area contributed by atoms with E-state index in [4.69, 9.17) is 4.98 Å². The molecule has 100 valence electrons. The number of anilines is 1. The van der Waals surface area contributed by atoms with Gasteiger partial charge in [0.25, 0.3) is 0 Å². The number of piperidine rings is 1. The number of fused-ring (bicyclic) bond motifs is 1. The maximum Gasteiger partial charge on any atom is 0.148 e. The van der Waals surface area contributed by atoms with Crippen LogP contribution < -0.4 is 10.2 Å². The molecule has 0 bridgehead atoms. The molecular formula is C15H20N4. The zero-order chi connectivity index (χ0) is 13.1. The summed E-state index contributed by atoms with van der Waals surface area (Å²) in [4.78, 5) is 11.7. The summed E-state index contributed by atoms with van der Waals surface area (Å²) in [5.41, 5.74) is 1.95. The average molecular weight is 256 g/mol. The highest BCUT2D eigenvalue weighted by Crippen LogP contribution is 2.23. The Morgan fingerprint density at radius 1 is 1.26 bits per heavy atom. The van der Waals surface area contributed by atoms with E-state index in [1.807, 2.05) is 37.5 Å². The lowest BCUT2D eigenvalue weighted by molar-refractivity contribution is 0.443. The molecule has 1 fully saturated rings. The zero-order valence-electron chi connectivity index (χ0n) is 11.3. The van der Waals surface area contributed by atoms with Gasteiger partial charge >= 0.3 is 0 Å². The normalized spacial score (nSPS) is 19.8. The van der Waals surface area contributed by atoms with Gasteiger partial charge in [-0.2, -0.15) is 0 Å². The maximum atomic E-state index is 4.77. The van der Waals surface area contributed by atoms with Crippen LogP contribution in [0.1, 0.15) is 19.3 Å². The number of rotatable bonds is 3. The molecule has 4 heteroatoms. The highest BCUT2D eigenvalue weighted by molar-refractivity contribution is 5.75. The standard InChI is InChI=1S/C15H20N4/c1-16-10-12-6-4-5-9-19(12)15-11-17-13-7-2-3-8-14(13)18-15/h2-3,7-8,11-12,16H,4-6,9-10H2,1H3. The topological polar surface area (TPSA) is 41.0 Å². The summed E-state index contributed by atoms with van der Waals surface area (Å²) < 4.78 is 0. The summed E-state index contributed by atoms with van der Waals surface area (Å²) in [6, 6.07) is 8.59.